The van der Waals surface area contributed by atoms with Gasteiger partial charge in [-0.1, -0.05) is 11.2 Å². The number of ether oxygens (including phenoxy) is 1. The van der Waals surface area contributed by atoms with Gasteiger partial charge in [-0.15, -0.1) is 0 Å². The highest BCUT2D eigenvalue weighted by molar-refractivity contribution is 7.71. The molecule has 0 fully saturated rings. The van der Waals surface area contributed by atoms with Crippen molar-refractivity contribution < 1.29 is 9.26 Å². The van der Waals surface area contributed by atoms with Crippen LogP contribution in [0.4, 0.5) is 0 Å². The van der Waals surface area contributed by atoms with Gasteiger partial charge in [0.1, 0.15) is 11.3 Å². The Morgan fingerprint density at radius 2 is 2.32 bits per heavy atom. The first kappa shape index (κ1) is 12.0. The van der Waals surface area contributed by atoms with Crippen LogP contribution in [0.25, 0.3) is 11.0 Å². The summed E-state index contributed by atoms with van der Waals surface area (Å²) >= 11 is 5.36. The van der Waals surface area contributed by atoms with E-state index in [1.165, 1.54) is 0 Å². The first-order valence-electron chi connectivity index (χ1n) is 6.03. The average Bonchev–Trinajstić information content (AvgIpc) is 3.01. The molecular weight excluding hydrogens is 262 g/mol. The first-order chi connectivity index (χ1) is 9.29. The molecule has 0 saturated heterocycles. The smallest absolute Gasteiger partial charge is 0.178 e. The van der Waals surface area contributed by atoms with E-state index >= 15 is 0 Å². The molecule has 2 aromatic heterocycles. The molecule has 1 N–H and O–H groups in total. The number of hydrogen-bond donors (Lipinski definition) is 1. The van der Waals surface area contributed by atoms with Crippen LogP contribution < -0.4 is 4.74 Å². The Morgan fingerprint density at radius 1 is 1.42 bits per heavy atom. The van der Waals surface area contributed by atoms with Gasteiger partial charge in [0.25, 0.3) is 0 Å². The normalized spacial score (nSPS) is 11.0. The van der Waals surface area contributed by atoms with E-state index in [9.17, 15) is 0 Å². The van der Waals surface area contributed by atoms with E-state index in [0.717, 1.165) is 22.5 Å². The molecule has 0 aliphatic rings. The fourth-order valence-electron chi connectivity index (χ4n) is 2.07. The lowest BCUT2D eigenvalue weighted by molar-refractivity contribution is 0.343. The molecule has 0 spiro atoms. The molecular formula is C13H13N3O2S. The van der Waals surface area contributed by atoms with Gasteiger partial charge in [-0.3, -0.25) is 0 Å². The highest BCUT2D eigenvalue weighted by Gasteiger charge is 2.10. The van der Waals surface area contributed by atoms with Gasteiger partial charge in [0.15, 0.2) is 10.5 Å². The van der Waals surface area contributed by atoms with Crippen LogP contribution in [0, 0.1) is 4.77 Å². The molecule has 2 heterocycles. The summed E-state index contributed by atoms with van der Waals surface area (Å²) < 4.78 is 13.3. The van der Waals surface area contributed by atoms with Crippen molar-refractivity contribution in [3.05, 3.63) is 41.0 Å². The van der Waals surface area contributed by atoms with Crippen LogP contribution in [0.1, 0.15) is 12.7 Å². The van der Waals surface area contributed by atoms with E-state index in [1.54, 1.807) is 6.20 Å². The molecule has 1 aromatic carbocycles. The average molecular weight is 275 g/mol. The lowest BCUT2D eigenvalue weighted by Gasteiger charge is -2.05. The summed E-state index contributed by atoms with van der Waals surface area (Å²) in [5.74, 6) is 1.57. The molecule has 0 radical (unpaired) electrons. The summed E-state index contributed by atoms with van der Waals surface area (Å²) in [6, 6.07) is 7.70. The van der Waals surface area contributed by atoms with E-state index in [1.807, 2.05) is 35.8 Å². The zero-order chi connectivity index (χ0) is 13.2. The van der Waals surface area contributed by atoms with Gasteiger partial charge < -0.3 is 18.8 Å². The molecule has 98 valence electrons. The van der Waals surface area contributed by atoms with Crippen LogP contribution in [0.15, 0.2) is 35.0 Å². The highest BCUT2D eigenvalue weighted by Crippen LogP contribution is 2.25. The number of fused-ring (bicyclic) bond motifs is 1. The molecule has 6 heteroatoms. The Bertz CT molecular complexity index is 743. The molecule has 0 amide bonds. The Morgan fingerprint density at radius 3 is 3.05 bits per heavy atom. The van der Waals surface area contributed by atoms with Crippen LogP contribution in [-0.2, 0) is 6.54 Å². The van der Waals surface area contributed by atoms with Crippen LogP contribution in [0.3, 0.4) is 0 Å². The van der Waals surface area contributed by atoms with Gasteiger partial charge in [-0.25, -0.2) is 0 Å². The number of nitrogens with one attached hydrogen (secondary N) is 1. The van der Waals surface area contributed by atoms with Gasteiger partial charge in [-0.05, 0) is 31.3 Å². The zero-order valence-electron chi connectivity index (χ0n) is 10.4. The number of H-pyrrole nitrogens is 1. The maximum atomic E-state index is 5.60. The van der Waals surface area contributed by atoms with Gasteiger partial charge in [0, 0.05) is 6.07 Å². The number of hydrogen-bond acceptors (Lipinski definition) is 4. The number of rotatable bonds is 4. The topological polar surface area (TPSA) is 56.0 Å². The van der Waals surface area contributed by atoms with E-state index in [2.05, 4.69) is 10.1 Å². The van der Waals surface area contributed by atoms with E-state index in [0.29, 0.717) is 17.9 Å². The number of nitrogens with zero attached hydrogens (tertiary/aromatic N) is 2. The lowest BCUT2D eigenvalue weighted by Crippen LogP contribution is -1.98. The SMILES string of the molecule is CCOc1cccc2c1[nH]c(=S)n2Cc1ccno1. The van der Waals surface area contributed by atoms with Crippen molar-refractivity contribution in [2.45, 2.75) is 13.5 Å². The van der Waals surface area contributed by atoms with Crippen molar-refractivity contribution in [1.29, 1.82) is 0 Å². The second kappa shape index (κ2) is 4.89. The molecule has 0 saturated carbocycles. The zero-order valence-corrected chi connectivity index (χ0v) is 11.2. The highest BCUT2D eigenvalue weighted by atomic mass is 32.1. The minimum atomic E-state index is 0.550. The van der Waals surface area contributed by atoms with Crippen LogP contribution in [-0.4, -0.2) is 21.3 Å². The molecule has 0 aliphatic heterocycles. The van der Waals surface area contributed by atoms with E-state index in [-0.39, 0.29) is 0 Å². The van der Waals surface area contributed by atoms with Gasteiger partial charge in [0.2, 0.25) is 0 Å². The van der Waals surface area contributed by atoms with Crippen LogP contribution in [0.5, 0.6) is 5.75 Å². The van der Waals surface area contributed by atoms with Gasteiger partial charge in [-0.2, -0.15) is 0 Å². The summed E-state index contributed by atoms with van der Waals surface area (Å²) in [6.45, 7) is 3.13. The van der Waals surface area contributed by atoms with Crippen molar-refractivity contribution in [2.75, 3.05) is 6.61 Å². The third-order valence-electron chi connectivity index (χ3n) is 2.88. The number of imidazole rings is 1. The molecule has 3 rings (SSSR count). The van der Waals surface area contributed by atoms with Gasteiger partial charge >= 0.3 is 0 Å². The third kappa shape index (κ3) is 2.15. The summed E-state index contributed by atoms with van der Waals surface area (Å²) in [6.07, 6.45) is 1.62. The maximum absolute atomic E-state index is 5.60. The van der Waals surface area contributed by atoms with Crippen LogP contribution in [0.2, 0.25) is 0 Å². The quantitative estimate of drug-likeness (QED) is 0.743. The molecule has 19 heavy (non-hydrogen) atoms. The van der Waals surface area contributed by atoms with Crippen molar-refractivity contribution >= 4 is 23.3 Å². The summed E-state index contributed by atoms with van der Waals surface area (Å²) in [5, 5.41) is 3.70. The number of para-hydroxylation sites is 1. The Balaban J connectivity index is 2.12. The van der Waals surface area contributed by atoms with E-state index in [4.69, 9.17) is 21.5 Å². The predicted octanol–water partition coefficient (Wildman–Crippen LogP) is 3.13. The number of aromatic amines is 1. The lowest BCUT2D eigenvalue weighted by atomic mass is 10.3. The molecule has 5 nitrogen and oxygen atoms in total. The molecule has 3 aromatic rings. The monoisotopic (exact) mass is 275 g/mol. The summed E-state index contributed by atoms with van der Waals surface area (Å²) in [7, 11) is 0. The molecule has 0 bridgehead atoms. The van der Waals surface area contributed by atoms with Crippen molar-refractivity contribution in [3.63, 3.8) is 0 Å². The number of aromatic nitrogens is 3. The summed E-state index contributed by atoms with van der Waals surface area (Å²) in [4.78, 5) is 3.18. The molecule has 0 unspecified atom stereocenters. The molecule has 0 aliphatic carbocycles. The largest absolute Gasteiger partial charge is 0.492 e. The Labute approximate surface area is 114 Å². The Hall–Kier alpha value is -2.08. The summed E-state index contributed by atoms with van der Waals surface area (Å²) in [5.41, 5.74) is 1.90. The van der Waals surface area contributed by atoms with Crippen LogP contribution >= 0.6 is 12.2 Å². The predicted molar refractivity (Wildman–Crippen MR) is 73.9 cm³/mol. The minimum Gasteiger partial charge on any atom is -0.492 e. The first-order valence-corrected chi connectivity index (χ1v) is 6.44. The van der Waals surface area contributed by atoms with Crippen molar-refractivity contribution in [3.8, 4) is 5.75 Å². The fraction of sp³-hybridized carbons (Fsp3) is 0.231. The van der Waals surface area contributed by atoms with Crippen molar-refractivity contribution in [2.24, 2.45) is 0 Å². The Kier molecular flexibility index (Phi) is 3.08. The van der Waals surface area contributed by atoms with E-state index < -0.39 is 0 Å². The van der Waals surface area contributed by atoms with Crippen molar-refractivity contribution in [1.82, 2.24) is 14.7 Å². The standard InChI is InChI=1S/C13H13N3O2S/c1-2-17-11-5-3-4-10-12(11)15-13(19)16(10)8-9-6-7-14-18-9/h3-7H,2,8H2,1H3,(H,15,19). The van der Waals surface area contributed by atoms with Gasteiger partial charge in [0.05, 0.1) is 24.9 Å². The second-order valence-electron chi connectivity index (χ2n) is 4.08. The molecule has 0 atom stereocenters. The third-order valence-corrected chi connectivity index (χ3v) is 3.20. The number of benzene rings is 1. The maximum Gasteiger partial charge on any atom is 0.178 e. The second-order valence-corrected chi connectivity index (χ2v) is 4.47. The minimum absolute atomic E-state index is 0.550. The fourth-order valence-corrected chi connectivity index (χ4v) is 2.33.